The van der Waals surface area contributed by atoms with Crippen molar-refractivity contribution in [2.24, 2.45) is 23.7 Å². The van der Waals surface area contributed by atoms with Crippen molar-refractivity contribution >= 4 is 5.97 Å². The van der Waals surface area contributed by atoms with Gasteiger partial charge < -0.3 is 10.2 Å². The first kappa shape index (κ1) is 16.5. The molecule has 0 aromatic heterocycles. The standard InChI is InChI=1S/C18H30O3/c19-12-6-5-8-17-15-11-10-14(13-15)16(17)7-3-1-2-4-9-18(20)21/h1,3,14-17,19H,2,4-13H2,(H,20,21)/b3-1-/t14-,15+,16-,17+/m0/s1. The van der Waals surface area contributed by atoms with Gasteiger partial charge in [-0.05, 0) is 75.0 Å². The third kappa shape index (κ3) is 4.84. The van der Waals surface area contributed by atoms with E-state index in [0.29, 0.717) is 6.61 Å². The number of unbranched alkanes of at least 4 members (excludes halogenated alkanes) is 2. The number of aliphatic hydroxyl groups is 1. The van der Waals surface area contributed by atoms with Gasteiger partial charge in [0.05, 0.1) is 0 Å². The Bertz CT molecular complexity index is 350. The molecular formula is C18H30O3. The van der Waals surface area contributed by atoms with Crippen LogP contribution in [0.2, 0.25) is 0 Å². The third-order valence-electron chi connectivity index (χ3n) is 5.56. The molecule has 2 bridgehead atoms. The number of allylic oxidation sites excluding steroid dienone is 2. The molecule has 3 nitrogen and oxygen atoms in total. The van der Waals surface area contributed by atoms with Gasteiger partial charge in [-0.15, -0.1) is 0 Å². The molecule has 0 amide bonds. The van der Waals surface area contributed by atoms with Crippen LogP contribution < -0.4 is 0 Å². The van der Waals surface area contributed by atoms with E-state index < -0.39 is 5.97 Å². The van der Waals surface area contributed by atoms with E-state index >= 15 is 0 Å². The van der Waals surface area contributed by atoms with Crippen molar-refractivity contribution in [2.75, 3.05) is 6.61 Å². The molecular weight excluding hydrogens is 264 g/mol. The first-order valence-corrected chi connectivity index (χ1v) is 8.70. The molecule has 2 rings (SSSR count). The molecule has 0 unspecified atom stereocenters. The van der Waals surface area contributed by atoms with Gasteiger partial charge in [-0.2, -0.15) is 0 Å². The van der Waals surface area contributed by atoms with E-state index in [9.17, 15) is 4.79 Å². The predicted octanol–water partition coefficient (Wildman–Crippen LogP) is 4.01. The zero-order valence-electron chi connectivity index (χ0n) is 13.0. The topological polar surface area (TPSA) is 57.5 Å². The molecule has 2 aliphatic rings. The van der Waals surface area contributed by atoms with E-state index in [2.05, 4.69) is 12.2 Å². The van der Waals surface area contributed by atoms with Crippen molar-refractivity contribution in [3.05, 3.63) is 12.2 Å². The number of aliphatic hydroxyl groups excluding tert-OH is 1. The van der Waals surface area contributed by atoms with Gasteiger partial charge in [0.2, 0.25) is 0 Å². The van der Waals surface area contributed by atoms with Crippen LogP contribution in [-0.4, -0.2) is 22.8 Å². The second-order valence-corrected chi connectivity index (χ2v) is 6.87. The highest BCUT2D eigenvalue weighted by atomic mass is 16.4. The molecule has 2 saturated carbocycles. The fraction of sp³-hybridized carbons (Fsp3) is 0.833. The zero-order chi connectivity index (χ0) is 15.1. The average molecular weight is 294 g/mol. The number of hydrogen-bond acceptors (Lipinski definition) is 2. The minimum absolute atomic E-state index is 0.280. The van der Waals surface area contributed by atoms with Gasteiger partial charge in [-0.25, -0.2) is 0 Å². The van der Waals surface area contributed by atoms with E-state index in [1.165, 1.54) is 38.5 Å². The van der Waals surface area contributed by atoms with Crippen molar-refractivity contribution in [3.63, 3.8) is 0 Å². The van der Waals surface area contributed by atoms with Crippen LogP contribution in [0.25, 0.3) is 0 Å². The summed E-state index contributed by atoms with van der Waals surface area (Å²) in [6.45, 7) is 0.328. The summed E-state index contributed by atoms with van der Waals surface area (Å²) >= 11 is 0. The summed E-state index contributed by atoms with van der Waals surface area (Å²) in [4.78, 5) is 10.5. The van der Waals surface area contributed by atoms with Crippen LogP contribution in [0.1, 0.15) is 64.2 Å². The number of fused-ring (bicyclic) bond motifs is 2. The maximum absolute atomic E-state index is 10.5. The lowest BCUT2D eigenvalue weighted by atomic mass is 9.75. The Balaban J connectivity index is 1.72. The van der Waals surface area contributed by atoms with Crippen LogP contribution in [0.15, 0.2) is 12.2 Å². The van der Waals surface area contributed by atoms with E-state index in [0.717, 1.165) is 42.9 Å². The molecule has 0 spiro atoms. The van der Waals surface area contributed by atoms with E-state index in [-0.39, 0.29) is 6.42 Å². The third-order valence-corrected chi connectivity index (χ3v) is 5.56. The van der Waals surface area contributed by atoms with E-state index in [1.807, 2.05) is 0 Å². The molecule has 0 aromatic carbocycles. The molecule has 2 aliphatic carbocycles. The van der Waals surface area contributed by atoms with E-state index in [1.54, 1.807) is 0 Å². The fourth-order valence-corrected chi connectivity index (χ4v) is 4.58. The number of carboxylic acid groups (broad SMARTS) is 1. The summed E-state index contributed by atoms with van der Waals surface area (Å²) in [6, 6.07) is 0. The lowest BCUT2D eigenvalue weighted by molar-refractivity contribution is -0.137. The number of aliphatic carboxylic acids is 1. The van der Waals surface area contributed by atoms with Gasteiger partial charge in [0.15, 0.2) is 0 Å². The van der Waals surface area contributed by atoms with Gasteiger partial charge in [0, 0.05) is 13.0 Å². The Morgan fingerprint density at radius 3 is 2.52 bits per heavy atom. The van der Waals surface area contributed by atoms with Crippen molar-refractivity contribution in [1.82, 2.24) is 0 Å². The number of carboxylic acids is 1. The molecule has 2 N–H and O–H groups in total. The molecule has 4 atom stereocenters. The van der Waals surface area contributed by atoms with Gasteiger partial charge in [0.1, 0.15) is 0 Å². The average Bonchev–Trinajstić information content (AvgIpc) is 3.04. The second kappa shape index (κ2) is 8.57. The maximum atomic E-state index is 10.5. The molecule has 0 radical (unpaired) electrons. The molecule has 0 heterocycles. The Labute approximate surface area is 128 Å². The largest absolute Gasteiger partial charge is 0.481 e. The summed E-state index contributed by atoms with van der Waals surface area (Å²) in [5.41, 5.74) is 0. The molecule has 21 heavy (non-hydrogen) atoms. The molecule has 120 valence electrons. The summed E-state index contributed by atoms with van der Waals surface area (Å²) in [5, 5.41) is 17.6. The summed E-state index contributed by atoms with van der Waals surface area (Å²) in [5.74, 6) is 2.90. The maximum Gasteiger partial charge on any atom is 0.303 e. The summed E-state index contributed by atoms with van der Waals surface area (Å²) in [7, 11) is 0. The highest BCUT2D eigenvalue weighted by Crippen LogP contribution is 2.55. The normalized spacial score (nSPS) is 31.3. The van der Waals surface area contributed by atoms with Gasteiger partial charge >= 0.3 is 5.97 Å². The predicted molar refractivity (Wildman–Crippen MR) is 84.0 cm³/mol. The van der Waals surface area contributed by atoms with Crippen LogP contribution >= 0.6 is 0 Å². The summed E-state index contributed by atoms with van der Waals surface area (Å²) < 4.78 is 0. The SMILES string of the molecule is O=C(O)CCC/C=C\C[C@H]1[C@H]2CC[C@H](C2)[C@H]1CCCCO. The molecule has 2 fully saturated rings. The van der Waals surface area contributed by atoms with Crippen molar-refractivity contribution in [1.29, 1.82) is 0 Å². The van der Waals surface area contributed by atoms with Crippen LogP contribution in [0.5, 0.6) is 0 Å². The van der Waals surface area contributed by atoms with Crippen molar-refractivity contribution < 1.29 is 15.0 Å². The zero-order valence-corrected chi connectivity index (χ0v) is 13.0. The van der Waals surface area contributed by atoms with Crippen LogP contribution in [0, 0.1) is 23.7 Å². The Kier molecular flexibility index (Phi) is 6.75. The van der Waals surface area contributed by atoms with Crippen LogP contribution in [-0.2, 0) is 4.79 Å². The molecule has 0 aliphatic heterocycles. The molecule has 0 aromatic rings. The molecule has 0 saturated heterocycles. The minimum atomic E-state index is -0.694. The second-order valence-electron chi connectivity index (χ2n) is 6.87. The Morgan fingerprint density at radius 2 is 1.81 bits per heavy atom. The molecule has 3 heteroatoms. The van der Waals surface area contributed by atoms with Crippen LogP contribution in [0.4, 0.5) is 0 Å². The van der Waals surface area contributed by atoms with E-state index in [4.69, 9.17) is 10.2 Å². The Morgan fingerprint density at radius 1 is 1.05 bits per heavy atom. The number of hydrogen-bond donors (Lipinski definition) is 2. The van der Waals surface area contributed by atoms with Crippen molar-refractivity contribution in [3.8, 4) is 0 Å². The lowest BCUT2D eigenvalue weighted by Gasteiger charge is -2.30. The van der Waals surface area contributed by atoms with Crippen molar-refractivity contribution in [2.45, 2.75) is 64.2 Å². The van der Waals surface area contributed by atoms with Gasteiger partial charge in [-0.3, -0.25) is 4.79 Å². The first-order chi connectivity index (χ1) is 10.2. The van der Waals surface area contributed by atoms with Gasteiger partial charge in [0.25, 0.3) is 0 Å². The summed E-state index contributed by atoms with van der Waals surface area (Å²) in [6.07, 6.45) is 15.3. The number of rotatable bonds is 10. The Hall–Kier alpha value is -0.830. The quantitative estimate of drug-likeness (QED) is 0.473. The number of carbonyl (C=O) groups is 1. The highest BCUT2D eigenvalue weighted by Gasteiger charge is 2.45. The van der Waals surface area contributed by atoms with Gasteiger partial charge in [-0.1, -0.05) is 18.6 Å². The fourth-order valence-electron chi connectivity index (χ4n) is 4.58. The minimum Gasteiger partial charge on any atom is -0.481 e. The highest BCUT2D eigenvalue weighted by molar-refractivity contribution is 5.66. The van der Waals surface area contributed by atoms with Crippen LogP contribution in [0.3, 0.4) is 0 Å². The first-order valence-electron chi connectivity index (χ1n) is 8.70. The smallest absolute Gasteiger partial charge is 0.303 e. The monoisotopic (exact) mass is 294 g/mol. The lowest BCUT2D eigenvalue weighted by Crippen LogP contribution is -2.22.